The van der Waals surface area contributed by atoms with E-state index in [0.29, 0.717) is 42.9 Å². The SMILES string of the molecule is CC[C@H]1OC(=O)[C@H](C)[C@@H](OC2C[C@@](C)(OC)[C@@H](OCCOC/C=C/c3cc4c5c(c3)c(=O)c(C(=O)O)cn5CCO4)[C@H](C)O2)[C@H](C)[C@@H](O[C@@H]2O[C@H](C)C[C@H](N(C)C)[C@H]2O)[C@](C)(O)C[C@@H](C)CN(C)[C@H](C)[C@H](O)[C@]1(C)O. The zero-order valence-electron chi connectivity index (χ0n) is 46.6. The second-order valence-electron chi connectivity index (χ2n) is 22.6. The molecule has 1 unspecified atom stereocenters. The number of aliphatic hydroxyl groups is 4. The van der Waals surface area contributed by atoms with E-state index >= 15 is 0 Å². The Kier molecular flexibility index (Phi) is 20.2. The van der Waals surface area contributed by atoms with Crippen LogP contribution in [0, 0.1) is 17.8 Å². The van der Waals surface area contributed by atoms with Gasteiger partial charge >= 0.3 is 11.9 Å². The van der Waals surface area contributed by atoms with Crippen LogP contribution in [0.25, 0.3) is 17.0 Å². The molecule has 0 saturated carbocycles. The van der Waals surface area contributed by atoms with E-state index in [-0.39, 0.29) is 68.1 Å². The molecular weight excluding hydrogens is 975 g/mol. The molecule has 3 saturated heterocycles. The largest absolute Gasteiger partial charge is 0.489 e. The number of pyridine rings is 1. The lowest BCUT2D eigenvalue weighted by molar-refractivity contribution is -0.321. The van der Waals surface area contributed by atoms with Crippen molar-refractivity contribution in [2.45, 2.75) is 192 Å². The maximum absolute atomic E-state index is 14.6. The van der Waals surface area contributed by atoms with Gasteiger partial charge in [-0.15, -0.1) is 0 Å². The molecular formula is C55H87N3O17. The summed E-state index contributed by atoms with van der Waals surface area (Å²) in [6, 6.07) is 2.57. The highest BCUT2D eigenvalue weighted by Gasteiger charge is 2.53. The molecule has 18 atom stereocenters. The zero-order valence-corrected chi connectivity index (χ0v) is 46.6. The van der Waals surface area contributed by atoms with Gasteiger partial charge in [-0.1, -0.05) is 32.9 Å². The number of ether oxygens (including phenoxy) is 9. The molecule has 20 heteroatoms. The summed E-state index contributed by atoms with van der Waals surface area (Å²) in [7, 11) is 7.17. The van der Waals surface area contributed by atoms with E-state index in [0.717, 1.165) is 0 Å². The Labute approximate surface area is 442 Å². The molecule has 6 rings (SSSR count). The van der Waals surface area contributed by atoms with E-state index in [1.165, 1.54) is 13.1 Å². The molecule has 1 aromatic carbocycles. The minimum absolute atomic E-state index is 0.151. The Bertz CT molecular complexity index is 2340. The topological polar surface area (TPSA) is 247 Å². The Morgan fingerprint density at radius 2 is 1.68 bits per heavy atom. The number of nitrogens with zero attached hydrogens (tertiary/aromatic N) is 3. The molecule has 75 heavy (non-hydrogen) atoms. The van der Waals surface area contributed by atoms with Gasteiger partial charge in [-0.3, -0.25) is 9.59 Å². The fourth-order valence-electron chi connectivity index (χ4n) is 11.9. The standard InChI is InChI=1S/C55H87N3O17/c1-15-41-55(10,66)47(61)34(6)57(13)28-30(2)26-53(8,65)48(75-52-45(60)39(56(11)12)23-31(3)71-52)32(4)46(33(5)51(64)73-41)74-42-27-54(9,67-14)49(35(7)72-42)70-22-21-68-19-16-17-36-24-37-43-40(25-36)69-20-18-58(43)29-38(44(37)59)50(62)63/h16-17,24-25,29-35,39,41-42,45-49,52,60-61,65-66H,15,18-23,26-28H2,1-14H3,(H,62,63)/b17-16+/t30-,31-,32+,33-,34-,35+,39+,41-,42?,45-,46+,47+,48-,49+,52+,53-,54-,55-/m1/s1. The number of carbonyl (C=O) groups is 2. The van der Waals surface area contributed by atoms with E-state index in [2.05, 4.69) is 0 Å². The van der Waals surface area contributed by atoms with Crippen molar-refractivity contribution in [3.05, 3.63) is 45.8 Å². The Morgan fingerprint density at radius 3 is 2.33 bits per heavy atom. The van der Waals surface area contributed by atoms with Crippen LogP contribution in [-0.2, 0) is 49.2 Å². The summed E-state index contributed by atoms with van der Waals surface area (Å²) in [5.41, 5.74) is -4.10. The fourth-order valence-corrected chi connectivity index (χ4v) is 11.9. The van der Waals surface area contributed by atoms with Gasteiger partial charge < -0.3 is 82.5 Å². The van der Waals surface area contributed by atoms with Crippen LogP contribution in [0.5, 0.6) is 5.75 Å². The van der Waals surface area contributed by atoms with Gasteiger partial charge in [0.1, 0.15) is 47.9 Å². The van der Waals surface area contributed by atoms with Crippen LogP contribution in [0.2, 0.25) is 0 Å². The number of aromatic nitrogens is 1. The minimum Gasteiger partial charge on any atom is -0.489 e. The molecule has 5 N–H and O–H groups in total. The summed E-state index contributed by atoms with van der Waals surface area (Å²) < 4.78 is 58.9. The molecule has 4 aliphatic rings. The van der Waals surface area contributed by atoms with Crippen molar-refractivity contribution < 1.29 is 77.8 Å². The number of aliphatic hydroxyl groups excluding tert-OH is 2. The number of esters is 1. The maximum atomic E-state index is 14.6. The number of benzene rings is 1. The minimum atomic E-state index is -1.85. The van der Waals surface area contributed by atoms with E-state index in [1.807, 2.05) is 65.6 Å². The highest BCUT2D eigenvalue weighted by Crippen LogP contribution is 2.41. The lowest BCUT2D eigenvalue weighted by atomic mass is 9.77. The first kappa shape index (κ1) is 60.6. The highest BCUT2D eigenvalue weighted by molar-refractivity contribution is 5.95. The van der Waals surface area contributed by atoms with E-state index in [4.69, 9.17) is 42.6 Å². The Morgan fingerprint density at radius 1 is 0.973 bits per heavy atom. The van der Waals surface area contributed by atoms with Crippen molar-refractivity contribution in [3.8, 4) is 5.75 Å². The average molecular weight is 1060 g/mol. The number of carboxylic acids is 1. The summed E-state index contributed by atoms with van der Waals surface area (Å²) in [4.78, 5) is 43.3. The van der Waals surface area contributed by atoms with Crippen LogP contribution in [0.15, 0.2) is 29.2 Å². The third-order valence-corrected chi connectivity index (χ3v) is 16.2. The van der Waals surface area contributed by atoms with Gasteiger partial charge in [0.05, 0.1) is 78.8 Å². The van der Waals surface area contributed by atoms with Crippen molar-refractivity contribution in [1.82, 2.24) is 14.4 Å². The number of hydrogen-bond acceptors (Lipinski definition) is 18. The number of carbonyl (C=O) groups excluding carboxylic acids is 1. The van der Waals surface area contributed by atoms with Crippen molar-refractivity contribution in [1.29, 1.82) is 0 Å². The predicted molar refractivity (Wildman–Crippen MR) is 278 cm³/mol. The molecule has 20 nitrogen and oxygen atoms in total. The molecule has 0 spiro atoms. The number of rotatable bonds is 15. The third kappa shape index (κ3) is 13.6. The molecule has 0 aliphatic carbocycles. The molecule has 0 amide bonds. The number of aromatic carboxylic acids is 1. The van der Waals surface area contributed by atoms with Gasteiger partial charge in [0, 0.05) is 44.3 Å². The molecule has 0 radical (unpaired) electrons. The van der Waals surface area contributed by atoms with Gasteiger partial charge in [-0.05, 0) is 112 Å². The number of carboxylic acid groups (broad SMARTS) is 1. The van der Waals surface area contributed by atoms with Gasteiger partial charge in [0.15, 0.2) is 12.6 Å². The van der Waals surface area contributed by atoms with Gasteiger partial charge in [0.25, 0.3) is 0 Å². The van der Waals surface area contributed by atoms with Crippen molar-refractivity contribution >= 4 is 28.9 Å². The van der Waals surface area contributed by atoms with Gasteiger partial charge in [0.2, 0.25) is 5.43 Å². The highest BCUT2D eigenvalue weighted by atomic mass is 16.7. The summed E-state index contributed by atoms with van der Waals surface area (Å²) in [5, 5.41) is 58.0. The summed E-state index contributed by atoms with van der Waals surface area (Å²) in [5.74, 6) is -3.55. The quantitative estimate of drug-likeness (QED) is 0.125. The summed E-state index contributed by atoms with van der Waals surface area (Å²) >= 11 is 0. The first-order valence-corrected chi connectivity index (χ1v) is 26.6. The van der Waals surface area contributed by atoms with Gasteiger partial charge in [-0.2, -0.15) is 0 Å². The van der Waals surface area contributed by atoms with Crippen molar-refractivity contribution in [3.63, 3.8) is 0 Å². The van der Waals surface area contributed by atoms with Crippen LogP contribution in [-0.4, -0.2) is 203 Å². The molecule has 0 bridgehead atoms. The number of methoxy groups -OCH3 is 1. The van der Waals surface area contributed by atoms with Crippen LogP contribution in [0.1, 0.15) is 111 Å². The smallest absolute Gasteiger partial charge is 0.341 e. The third-order valence-electron chi connectivity index (χ3n) is 16.2. The summed E-state index contributed by atoms with van der Waals surface area (Å²) in [6.07, 6.45) is -3.30. The number of hydrogen-bond donors (Lipinski definition) is 5. The van der Waals surface area contributed by atoms with Crippen molar-refractivity contribution in [2.24, 2.45) is 17.8 Å². The van der Waals surface area contributed by atoms with Gasteiger partial charge in [-0.25, -0.2) is 4.79 Å². The molecule has 5 heterocycles. The predicted octanol–water partition coefficient (Wildman–Crippen LogP) is 4.06. The lowest BCUT2D eigenvalue weighted by Crippen LogP contribution is -2.61. The van der Waals surface area contributed by atoms with E-state index in [9.17, 15) is 39.9 Å². The van der Waals surface area contributed by atoms with Crippen LogP contribution >= 0.6 is 0 Å². The van der Waals surface area contributed by atoms with E-state index in [1.54, 1.807) is 63.7 Å². The Balaban J connectivity index is 1.21. The zero-order chi connectivity index (χ0) is 55.5. The second-order valence-corrected chi connectivity index (χ2v) is 22.6. The van der Waals surface area contributed by atoms with Crippen LogP contribution in [0.3, 0.4) is 0 Å². The van der Waals surface area contributed by atoms with Crippen LogP contribution in [0.4, 0.5) is 0 Å². The molecule has 1 aromatic heterocycles. The molecule has 3 fully saturated rings. The number of likely N-dealkylation sites (N-methyl/N-ethyl adjacent to an activating group) is 2. The lowest BCUT2D eigenvalue weighted by Gasteiger charge is -2.49. The normalized spacial score (nSPS) is 38.8. The first-order valence-electron chi connectivity index (χ1n) is 26.6. The molecule has 2 aromatic rings. The van der Waals surface area contributed by atoms with Crippen molar-refractivity contribution in [2.75, 3.05) is 61.2 Å². The second kappa shape index (κ2) is 25.0. The van der Waals surface area contributed by atoms with Crippen LogP contribution < -0.4 is 10.2 Å². The van der Waals surface area contributed by atoms with E-state index < -0.39 is 107 Å². The fraction of sp³-hybridized carbons (Fsp3) is 0.764. The molecule has 424 valence electrons. The summed E-state index contributed by atoms with van der Waals surface area (Å²) in [6.45, 7) is 19.6. The first-order chi connectivity index (χ1) is 35.1. The number of cyclic esters (lactones) is 1. The Hall–Kier alpha value is -3.61. The average Bonchev–Trinajstić information content (AvgIpc) is 3.34. The monoisotopic (exact) mass is 1060 g/mol. The molecule has 4 aliphatic heterocycles. The maximum Gasteiger partial charge on any atom is 0.341 e.